The van der Waals surface area contributed by atoms with E-state index in [1.165, 1.54) is 4.90 Å². The topological polar surface area (TPSA) is 68.3 Å². The number of furan rings is 1. The fourth-order valence-electron chi connectivity index (χ4n) is 3.89. The van der Waals surface area contributed by atoms with Gasteiger partial charge in [-0.2, -0.15) is 0 Å². The van der Waals surface area contributed by atoms with Gasteiger partial charge < -0.3 is 8.98 Å². The van der Waals surface area contributed by atoms with Crippen molar-refractivity contribution in [3.8, 4) is 0 Å². The lowest BCUT2D eigenvalue weighted by atomic mass is 9.93. The van der Waals surface area contributed by atoms with Crippen LogP contribution in [-0.2, 0) is 22.4 Å². The van der Waals surface area contributed by atoms with Crippen molar-refractivity contribution < 1.29 is 14.0 Å². The average Bonchev–Trinajstić information content (AvgIpc) is 3.33. The molecule has 2 aromatic heterocycles. The van der Waals surface area contributed by atoms with Crippen molar-refractivity contribution in [2.24, 2.45) is 0 Å². The van der Waals surface area contributed by atoms with Crippen molar-refractivity contribution in [3.63, 3.8) is 0 Å². The molecule has 1 aromatic carbocycles. The van der Waals surface area contributed by atoms with Gasteiger partial charge in [0, 0.05) is 18.8 Å². The molecule has 0 radical (unpaired) electrons. The van der Waals surface area contributed by atoms with Gasteiger partial charge in [-0.1, -0.05) is 12.1 Å². The summed E-state index contributed by atoms with van der Waals surface area (Å²) in [4.78, 5) is 29.9. The van der Waals surface area contributed by atoms with E-state index >= 15 is 0 Å². The summed E-state index contributed by atoms with van der Waals surface area (Å²) in [5.41, 5.74) is 3.80. The van der Waals surface area contributed by atoms with Gasteiger partial charge in [-0.25, -0.2) is 9.88 Å². The van der Waals surface area contributed by atoms with E-state index in [1.54, 1.807) is 18.8 Å². The van der Waals surface area contributed by atoms with Gasteiger partial charge in [-0.3, -0.25) is 9.59 Å². The molecule has 2 aliphatic heterocycles. The standard InChI is InChI=1S/C19H15N3O3/c23-16-4-3-12-8-13(9-14-10-17(24)22(16)18(12)14)19(15-2-1-7-25-15)21-6-5-20-11-21/h1-2,5-9,11,19H,3-4,10H2. The molecule has 4 heterocycles. The van der Waals surface area contributed by atoms with Gasteiger partial charge in [-0.05, 0) is 35.2 Å². The first kappa shape index (κ1) is 14.2. The van der Waals surface area contributed by atoms with Crippen LogP contribution in [0.5, 0.6) is 0 Å². The lowest BCUT2D eigenvalue weighted by Crippen LogP contribution is -2.37. The van der Waals surface area contributed by atoms with Crippen LogP contribution in [-0.4, -0.2) is 21.4 Å². The Morgan fingerprint density at radius 1 is 1.12 bits per heavy atom. The third-order valence-corrected chi connectivity index (χ3v) is 4.91. The number of imide groups is 1. The van der Waals surface area contributed by atoms with E-state index in [4.69, 9.17) is 4.42 Å². The smallest absolute Gasteiger partial charge is 0.238 e. The molecule has 6 nitrogen and oxygen atoms in total. The zero-order valence-electron chi connectivity index (χ0n) is 13.4. The molecular weight excluding hydrogens is 318 g/mol. The lowest BCUT2D eigenvalue weighted by Gasteiger charge is -2.25. The van der Waals surface area contributed by atoms with E-state index in [9.17, 15) is 9.59 Å². The molecular formula is C19H15N3O3. The Morgan fingerprint density at radius 2 is 2.00 bits per heavy atom. The molecule has 0 saturated heterocycles. The highest BCUT2D eigenvalue weighted by Gasteiger charge is 2.38. The predicted molar refractivity (Wildman–Crippen MR) is 89.1 cm³/mol. The number of aryl methyl sites for hydroxylation is 1. The second-order valence-electron chi connectivity index (χ2n) is 6.42. The molecule has 1 unspecified atom stereocenters. The van der Waals surface area contributed by atoms with Gasteiger partial charge >= 0.3 is 0 Å². The molecule has 2 aliphatic rings. The van der Waals surface area contributed by atoms with Crippen LogP contribution in [0.3, 0.4) is 0 Å². The van der Waals surface area contributed by atoms with Crippen LogP contribution in [0.2, 0.25) is 0 Å². The van der Waals surface area contributed by atoms with Gasteiger partial charge in [-0.15, -0.1) is 0 Å². The molecule has 3 aromatic rings. The Labute approximate surface area is 143 Å². The van der Waals surface area contributed by atoms with Crippen LogP contribution < -0.4 is 4.90 Å². The SMILES string of the molecule is O=C1CCc2cc(C(c3ccco3)n3ccnc3)cc3c2N1C(=O)C3. The summed E-state index contributed by atoms with van der Waals surface area (Å²) in [5, 5.41) is 0. The molecule has 0 saturated carbocycles. The van der Waals surface area contributed by atoms with Gasteiger partial charge in [0.25, 0.3) is 0 Å². The Balaban J connectivity index is 1.69. The Kier molecular flexibility index (Phi) is 2.94. The summed E-state index contributed by atoms with van der Waals surface area (Å²) >= 11 is 0. The quantitative estimate of drug-likeness (QED) is 0.691. The van der Waals surface area contributed by atoms with Crippen LogP contribution in [0.15, 0.2) is 53.7 Å². The van der Waals surface area contributed by atoms with Crippen molar-refractivity contribution >= 4 is 17.5 Å². The van der Waals surface area contributed by atoms with Gasteiger partial charge in [0.2, 0.25) is 11.8 Å². The first-order valence-electron chi connectivity index (χ1n) is 8.24. The molecule has 124 valence electrons. The van der Waals surface area contributed by atoms with E-state index < -0.39 is 0 Å². The summed E-state index contributed by atoms with van der Waals surface area (Å²) in [6, 6.07) is 7.75. The predicted octanol–water partition coefficient (Wildman–Crippen LogP) is 2.48. The number of carbonyl (C=O) groups is 2. The second kappa shape index (κ2) is 5.17. The third-order valence-electron chi connectivity index (χ3n) is 4.91. The highest BCUT2D eigenvalue weighted by Crippen LogP contribution is 2.40. The Morgan fingerprint density at radius 3 is 2.76 bits per heavy atom. The summed E-state index contributed by atoms with van der Waals surface area (Å²) < 4.78 is 7.64. The molecule has 2 amide bonds. The molecule has 0 bridgehead atoms. The third kappa shape index (κ3) is 2.07. The largest absolute Gasteiger partial charge is 0.467 e. The van der Waals surface area contributed by atoms with E-state index in [1.807, 2.05) is 29.0 Å². The van der Waals surface area contributed by atoms with Crippen LogP contribution >= 0.6 is 0 Å². The number of rotatable bonds is 3. The minimum absolute atomic E-state index is 0.0961. The first-order valence-corrected chi connectivity index (χ1v) is 8.24. The van der Waals surface area contributed by atoms with Crippen LogP contribution in [0.25, 0.3) is 0 Å². The molecule has 6 heteroatoms. The van der Waals surface area contributed by atoms with Crippen molar-refractivity contribution in [3.05, 3.63) is 71.7 Å². The minimum Gasteiger partial charge on any atom is -0.467 e. The molecule has 0 fully saturated rings. The number of hydrogen-bond donors (Lipinski definition) is 0. The van der Waals surface area contributed by atoms with Crippen molar-refractivity contribution in [1.82, 2.24) is 9.55 Å². The van der Waals surface area contributed by atoms with Gasteiger partial charge in [0.05, 0.1) is 24.7 Å². The van der Waals surface area contributed by atoms with E-state index in [2.05, 4.69) is 11.1 Å². The molecule has 5 rings (SSSR count). The van der Waals surface area contributed by atoms with Crippen molar-refractivity contribution in [2.75, 3.05) is 4.90 Å². The molecule has 0 spiro atoms. The number of benzene rings is 1. The van der Waals surface area contributed by atoms with Crippen molar-refractivity contribution in [2.45, 2.75) is 25.3 Å². The normalized spacial score (nSPS) is 17.0. The number of carbonyl (C=O) groups excluding carboxylic acids is 2. The van der Waals surface area contributed by atoms with Crippen LogP contribution in [0, 0.1) is 0 Å². The Hall–Kier alpha value is -3.15. The highest BCUT2D eigenvalue weighted by atomic mass is 16.3. The summed E-state index contributed by atoms with van der Waals surface area (Å²) in [6.07, 6.45) is 8.35. The number of amides is 2. The van der Waals surface area contributed by atoms with Crippen LogP contribution in [0.4, 0.5) is 5.69 Å². The molecule has 1 atom stereocenters. The van der Waals surface area contributed by atoms with Gasteiger partial charge in [0.1, 0.15) is 11.8 Å². The Bertz CT molecular complexity index is 940. The monoisotopic (exact) mass is 333 g/mol. The summed E-state index contributed by atoms with van der Waals surface area (Å²) in [5.74, 6) is 0.578. The minimum atomic E-state index is -0.152. The maximum Gasteiger partial charge on any atom is 0.238 e. The molecule has 25 heavy (non-hydrogen) atoms. The van der Waals surface area contributed by atoms with Crippen molar-refractivity contribution in [1.29, 1.82) is 0 Å². The number of aromatic nitrogens is 2. The zero-order chi connectivity index (χ0) is 17.0. The number of hydrogen-bond acceptors (Lipinski definition) is 4. The first-order chi connectivity index (χ1) is 12.2. The molecule has 0 aliphatic carbocycles. The zero-order valence-corrected chi connectivity index (χ0v) is 13.4. The average molecular weight is 333 g/mol. The van der Waals surface area contributed by atoms with Crippen LogP contribution in [0.1, 0.15) is 34.9 Å². The maximum atomic E-state index is 12.3. The number of nitrogens with zero attached hydrogens (tertiary/aromatic N) is 3. The summed E-state index contributed by atoms with van der Waals surface area (Å²) in [6.45, 7) is 0. The fraction of sp³-hybridized carbons (Fsp3) is 0.211. The van der Waals surface area contributed by atoms with E-state index in [0.29, 0.717) is 12.8 Å². The van der Waals surface area contributed by atoms with E-state index in [0.717, 1.165) is 28.1 Å². The summed E-state index contributed by atoms with van der Waals surface area (Å²) in [7, 11) is 0. The number of imidazole rings is 1. The second-order valence-corrected chi connectivity index (χ2v) is 6.42. The number of anilines is 1. The molecule has 0 N–H and O–H groups in total. The van der Waals surface area contributed by atoms with Gasteiger partial charge in [0.15, 0.2) is 0 Å². The van der Waals surface area contributed by atoms with E-state index in [-0.39, 0.29) is 24.3 Å². The maximum absolute atomic E-state index is 12.3. The highest BCUT2D eigenvalue weighted by molar-refractivity contribution is 6.20. The lowest BCUT2D eigenvalue weighted by molar-refractivity contribution is -0.125. The fourth-order valence-corrected chi connectivity index (χ4v) is 3.89.